The molecule has 19 heavy (non-hydrogen) atoms. The molecule has 2 aromatic carbocycles. The van der Waals surface area contributed by atoms with Gasteiger partial charge in [-0.25, -0.2) is 4.79 Å². The van der Waals surface area contributed by atoms with Crippen molar-refractivity contribution in [2.75, 3.05) is 6.61 Å². The van der Waals surface area contributed by atoms with Gasteiger partial charge in [-0.15, -0.1) is 0 Å². The lowest BCUT2D eigenvalue weighted by Gasteiger charge is -2.06. The molecule has 98 valence electrons. The maximum atomic E-state index is 10.8. The van der Waals surface area contributed by atoms with Crippen LogP contribution in [0.5, 0.6) is 5.75 Å². The Kier molecular flexibility index (Phi) is 4.56. The van der Waals surface area contributed by atoms with Gasteiger partial charge in [0.05, 0.1) is 12.2 Å². The Hall–Kier alpha value is -2.29. The summed E-state index contributed by atoms with van der Waals surface area (Å²) in [5, 5.41) is 8.87. The summed E-state index contributed by atoms with van der Waals surface area (Å²) in [6.07, 6.45) is 1.86. The van der Waals surface area contributed by atoms with Crippen LogP contribution >= 0.6 is 0 Å². The van der Waals surface area contributed by atoms with E-state index in [1.807, 2.05) is 18.2 Å². The van der Waals surface area contributed by atoms with E-state index in [0.29, 0.717) is 12.4 Å². The van der Waals surface area contributed by atoms with Crippen molar-refractivity contribution in [1.29, 1.82) is 0 Å². The Bertz CT molecular complexity index is 535. The minimum absolute atomic E-state index is 0.251. The number of carboxylic acid groups (broad SMARTS) is 1. The van der Waals surface area contributed by atoms with Crippen LogP contribution in [0.2, 0.25) is 0 Å². The molecule has 0 aromatic heterocycles. The molecule has 2 aromatic rings. The summed E-state index contributed by atoms with van der Waals surface area (Å²) >= 11 is 0. The van der Waals surface area contributed by atoms with Crippen molar-refractivity contribution < 1.29 is 14.6 Å². The van der Waals surface area contributed by atoms with Gasteiger partial charge in [-0.05, 0) is 36.6 Å². The Morgan fingerprint density at radius 1 is 1.05 bits per heavy atom. The molecule has 0 aliphatic heterocycles. The standard InChI is InChI=1S/C16H16O3/c17-16(18)14-9-4-10-15(12-14)19-11-5-8-13-6-2-1-3-7-13/h1-4,6-7,9-10,12H,5,8,11H2,(H,17,18). The van der Waals surface area contributed by atoms with Crippen LogP contribution in [0, 0.1) is 0 Å². The first-order chi connectivity index (χ1) is 9.25. The molecule has 0 aliphatic rings. The Morgan fingerprint density at radius 2 is 1.84 bits per heavy atom. The van der Waals surface area contributed by atoms with Crippen molar-refractivity contribution in [1.82, 2.24) is 0 Å². The van der Waals surface area contributed by atoms with E-state index in [4.69, 9.17) is 9.84 Å². The van der Waals surface area contributed by atoms with Crippen molar-refractivity contribution >= 4 is 5.97 Å². The molecular formula is C16H16O3. The second-order valence-corrected chi connectivity index (χ2v) is 4.27. The lowest BCUT2D eigenvalue weighted by atomic mass is 10.1. The Morgan fingerprint density at radius 3 is 2.58 bits per heavy atom. The number of hydrogen-bond acceptors (Lipinski definition) is 2. The van der Waals surface area contributed by atoms with E-state index < -0.39 is 5.97 Å². The van der Waals surface area contributed by atoms with Gasteiger partial charge in [0.2, 0.25) is 0 Å². The van der Waals surface area contributed by atoms with Gasteiger partial charge in [-0.2, -0.15) is 0 Å². The molecule has 1 N–H and O–H groups in total. The molecule has 0 atom stereocenters. The van der Waals surface area contributed by atoms with E-state index in [1.165, 1.54) is 5.56 Å². The monoisotopic (exact) mass is 256 g/mol. The van der Waals surface area contributed by atoms with Crippen LogP contribution in [0.15, 0.2) is 54.6 Å². The first kappa shape index (κ1) is 13.1. The van der Waals surface area contributed by atoms with E-state index in [1.54, 1.807) is 24.3 Å². The van der Waals surface area contributed by atoms with Crippen LogP contribution in [-0.2, 0) is 6.42 Å². The predicted octanol–water partition coefficient (Wildman–Crippen LogP) is 3.40. The summed E-state index contributed by atoms with van der Waals surface area (Å²) in [5.74, 6) is -0.331. The quantitative estimate of drug-likeness (QED) is 0.806. The SMILES string of the molecule is O=C(O)c1cccc(OCCCc2ccccc2)c1. The van der Waals surface area contributed by atoms with E-state index in [-0.39, 0.29) is 5.56 Å². The van der Waals surface area contributed by atoms with Gasteiger partial charge in [0.1, 0.15) is 5.75 Å². The lowest BCUT2D eigenvalue weighted by molar-refractivity contribution is 0.0696. The van der Waals surface area contributed by atoms with Crippen LogP contribution < -0.4 is 4.74 Å². The largest absolute Gasteiger partial charge is 0.494 e. The van der Waals surface area contributed by atoms with Crippen LogP contribution in [0.4, 0.5) is 0 Å². The Balaban J connectivity index is 1.80. The number of carbonyl (C=O) groups is 1. The van der Waals surface area contributed by atoms with Crippen molar-refractivity contribution in [3.63, 3.8) is 0 Å². The van der Waals surface area contributed by atoms with Crippen molar-refractivity contribution in [3.8, 4) is 5.75 Å². The Labute approximate surface area is 112 Å². The molecule has 0 heterocycles. The second-order valence-electron chi connectivity index (χ2n) is 4.27. The van der Waals surface area contributed by atoms with Crippen LogP contribution in [0.3, 0.4) is 0 Å². The van der Waals surface area contributed by atoms with Crippen LogP contribution in [0.1, 0.15) is 22.3 Å². The van der Waals surface area contributed by atoms with Crippen LogP contribution in [0.25, 0.3) is 0 Å². The minimum Gasteiger partial charge on any atom is -0.494 e. The molecule has 0 saturated carbocycles. The molecule has 2 rings (SSSR count). The second kappa shape index (κ2) is 6.59. The highest BCUT2D eigenvalue weighted by Crippen LogP contribution is 2.14. The van der Waals surface area contributed by atoms with Crippen molar-refractivity contribution in [2.24, 2.45) is 0 Å². The third-order valence-electron chi connectivity index (χ3n) is 2.80. The molecule has 0 spiro atoms. The topological polar surface area (TPSA) is 46.5 Å². The fraction of sp³-hybridized carbons (Fsp3) is 0.188. The number of ether oxygens (including phenoxy) is 1. The molecule has 0 unspecified atom stereocenters. The van der Waals surface area contributed by atoms with Gasteiger partial charge >= 0.3 is 5.97 Å². The summed E-state index contributed by atoms with van der Waals surface area (Å²) in [4.78, 5) is 10.8. The molecule has 3 nitrogen and oxygen atoms in total. The first-order valence-corrected chi connectivity index (χ1v) is 6.26. The lowest BCUT2D eigenvalue weighted by Crippen LogP contribution is -2.01. The molecule has 3 heteroatoms. The van der Waals surface area contributed by atoms with Gasteiger partial charge in [0.15, 0.2) is 0 Å². The molecule has 0 bridgehead atoms. The van der Waals surface area contributed by atoms with E-state index in [9.17, 15) is 4.79 Å². The summed E-state index contributed by atoms with van der Waals surface area (Å²) < 4.78 is 5.56. The third kappa shape index (κ3) is 4.14. The highest BCUT2D eigenvalue weighted by Gasteiger charge is 2.03. The summed E-state index contributed by atoms with van der Waals surface area (Å²) in [7, 11) is 0. The van der Waals surface area contributed by atoms with E-state index in [2.05, 4.69) is 12.1 Å². The minimum atomic E-state index is -0.935. The number of rotatable bonds is 6. The zero-order valence-electron chi connectivity index (χ0n) is 10.6. The molecule has 0 saturated heterocycles. The summed E-state index contributed by atoms with van der Waals surface area (Å²) in [5.41, 5.74) is 1.53. The molecule has 0 fully saturated rings. The molecular weight excluding hydrogens is 240 g/mol. The van der Waals surface area contributed by atoms with Crippen molar-refractivity contribution in [3.05, 3.63) is 65.7 Å². The summed E-state index contributed by atoms with van der Waals surface area (Å²) in [6.45, 7) is 0.581. The zero-order chi connectivity index (χ0) is 13.5. The van der Waals surface area contributed by atoms with Crippen LogP contribution in [-0.4, -0.2) is 17.7 Å². The normalized spacial score (nSPS) is 10.1. The highest BCUT2D eigenvalue weighted by atomic mass is 16.5. The molecule has 0 amide bonds. The fourth-order valence-electron chi connectivity index (χ4n) is 1.83. The number of benzene rings is 2. The number of aryl methyl sites for hydroxylation is 1. The first-order valence-electron chi connectivity index (χ1n) is 6.26. The highest BCUT2D eigenvalue weighted by molar-refractivity contribution is 5.87. The van der Waals surface area contributed by atoms with Gasteiger partial charge in [0, 0.05) is 0 Å². The fourth-order valence-corrected chi connectivity index (χ4v) is 1.83. The predicted molar refractivity (Wildman–Crippen MR) is 73.7 cm³/mol. The number of carboxylic acids is 1. The molecule has 0 aliphatic carbocycles. The van der Waals surface area contributed by atoms with E-state index in [0.717, 1.165) is 12.8 Å². The van der Waals surface area contributed by atoms with Gasteiger partial charge < -0.3 is 9.84 Å². The zero-order valence-corrected chi connectivity index (χ0v) is 10.6. The van der Waals surface area contributed by atoms with Gasteiger partial charge in [-0.1, -0.05) is 36.4 Å². The van der Waals surface area contributed by atoms with Gasteiger partial charge in [-0.3, -0.25) is 0 Å². The van der Waals surface area contributed by atoms with Crippen molar-refractivity contribution in [2.45, 2.75) is 12.8 Å². The average molecular weight is 256 g/mol. The average Bonchev–Trinajstić information content (AvgIpc) is 2.45. The maximum Gasteiger partial charge on any atom is 0.335 e. The summed E-state index contributed by atoms with van der Waals surface area (Å²) in [6, 6.07) is 16.8. The molecule has 0 radical (unpaired) electrons. The maximum absolute atomic E-state index is 10.8. The number of aromatic carboxylic acids is 1. The smallest absolute Gasteiger partial charge is 0.335 e. The third-order valence-corrected chi connectivity index (χ3v) is 2.80. The van der Waals surface area contributed by atoms with E-state index >= 15 is 0 Å². The van der Waals surface area contributed by atoms with Gasteiger partial charge in [0.25, 0.3) is 0 Å². The number of hydrogen-bond donors (Lipinski definition) is 1.